The van der Waals surface area contributed by atoms with E-state index in [0.29, 0.717) is 19.6 Å². The zero-order valence-corrected chi connectivity index (χ0v) is 12.8. The molecule has 22 heavy (non-hydrogen) atoms. The van der Waals surface area contributed by atoms with E-state index in [2.05, 4.69) is 6.07 Å². The van der Waals surface area contributed by atoms with Crippen molar-refractivity contribution in [2.24, 2.45) is 0 Å². The van der Waals surface area contributed by atoms with Crippen LogP contribution in [0.25, 0.3) is 0 Å². The molecule has 1 aromatic carbocycles. The molecule has 2 heterocycles. The lowest BCUT2D eigenvalue weighted by Crippen LogP contribution is -2.30. The van der Waals surface area contributed by atoms with E-state index in [9.17, 15) is 4.79 Å². The molecule has 0 spiro atoms. The Morgan fingerprint density at radius 2 is 2.32 bits per heavy atom. The van der Waals surface area contributed by atoms with E-state index in [1.54, 1.807) is 0 Å². The van der Waals surface area contributed by atoms with Crippen molar-refractivity contribution in [2.75, 3.05) is 19.8 Å². The SMILES string of the molecule is CCOC(=O)C12CC1c1cc(C(C)OCC3CO3)ccc1O2. The van der Waals surface area contributed by atoms with Gasteiger partial charge in [-0.1, -0.05) is 6.07 Å². The van der Waals surface area contributed by atoms with Gasteiger partial charge in [0.2, 0.25) is 5.60 Å². The van der Waals surface area contributed by atoms with Crippen LogP contribution in [-0.2, 0) is 19.0 Å². The molecule has 0 N–H and O–H groups in total. The smallest absolute Gasteiger partial charge is 0.351 e. The predicted molar refractivity (Wildman–Crippen MR) is 77.9 cm³/mol. The third-order valence-electron chi connectivity index (χ3n) is 4.64. The maximum atomic E-state index is 12.1. The molecule has 0 aromatic heterocycles. The minimum Gasteiger partial charge on any atom is -0.475 e. The van der Waals surface area contributed by atoms with Crippen LogP contribution < -0.4 is 4.74 Å². The molecular weight excluding hydrogens is 284 g/mol. The molecule has 5 heteroatoms. The van der Waals surface area contributed by atoms with E-state index in [1.165, 1.54) is 0 Å². The highest BCUT2D eigenvalue weighted by Crippen LogP contribution is 2.62. The van der Waals surface area contributed by atoms with Crippen molar-refractivity contribution in [2.45, 2.75) is 44.0 Å². The molecule has 118 valence electrons. The minimum atomic E-state index is -0.761. The molecule has 0 radical (unpaired) electrons. The number of rotatable bonds is 6. The predicted octanol–water partition coefficient (Wildman–Crippen LogP) is 2.34. The number of carbonyl (C=O) groups excluding carboxylic acids is 1. The Labute approximate surface area is 129 Å². The van der Waals surface area contributed by atoms with E-state index in [0.717, 1.165) is 23.5 Å². The van der Waals surface area contributed by atoms with Crippen LogP contribution in [0.15, 0.2) is 18.2 Å². The van der Waals surface area contributed by atoms with Gasteiger partial charge in [-0.15, -0.1) is 0 Å². The second kappa shape index (κ2) is 4.96. The largest absolute Gasteiger partial charge is 0.475 e. The quantitative estimate of drug-likeness (QED) is 0.596. The van der Waals surface area contributed by atoms with Crippen molar-refractivity contribution >= 4 is 5.97 Å². The zero-order valence-electron chi connectivity index (χ0n) is 12.8. The molecule has 2 aliphatic heterocycles. The molecule has 0 bridgehead atoms. The first-order valence-electron chi connectivity index (χ1n) is 7.87. The summed E-state index contributed by atoms with van der Waals surface area (Å²) in [5, 5.41) is 0. The highest BCUT2D eigenvalue weighted by atomic mass is 16.6. The van der Waals surface area contributed by atoms with Gasteiger partial charge in [0.25, 0.3) is 0 Å². The van der Waals surface area contributed by atoms with Crippen LogP contribution in [0.3, 0.4) is 0 Å². The Balaban J connectivity index is 1.49. The molecule has 1 saturated heterocycles. The fourth-order valence-electron chi connectivity index (χ4n) is 3.13. The summed E-state index contributed by atoms with van der Waals surface area (Å²) in [6.45, 7) is 5.66. The fourth-order valence-corrected chi connectivity index (χ4v) is 3.13. The first-order valence-corrected chi connectivity index (χ1v) is 7.87. The zero-order chi connectivity index (χ0) is 15.3. The van der Waals surface area contributed by atoms with Crippen molar-refractivity contribution in [3.63, 3.8) is 0 Å². The Morgan fingerprint density at radius 1 is 1.50 bits per heavy atom. The molecular formula is C17H20O5. The van der Waals surface area contributed by atoms with Crippen molar-refractivity contribution in [1.82, 2.24) is 0 Å². The van der Waals surface area contributed by atoms with Gasteiger partial charge in [0.1, 0.15) is 11.9 Å². The van der Waals surface area contributed by atoms with Crippen molar-refractivity contribution < 1.29 is 23.7 Å². The molecule has 1 aliphatic carbocycles. The average molecular weight is 304 g/mol. The Bertz CT molecular complexity index is 609. The van der Waals surface area contributed by atoms with Crippen LogP contribution in [0.1, 0.15) is 43.4 Å². The normalized spacial score (nSPS) is 31.7. The average Bonchev–Trinajstić information content (AvgIpc) is 3.43. The molecule has 0 amide bonds. The standard InChI is InChI=1S/C17H20O5/c1-3-19-16(18)17-7-14(17)13-6-11(4-5-15(13)22-17)10(2)20-8-12-9-21-12/h4-6,10,12,14H,3,7-9H2,1-2H3. The van der Waals surface area contributed by atoms with Gasteiger partial charge < -0.3 is 18.9 Å². The first kappa shape index (κ1) is 14.0. The number of carbonyl (C=O) groups is 1. The van der Waals surface area contributed by atoms with Crippen LogP contribution in [0.2, 0.25) is 0 Å². The van der Waals surface area contributed by atoms with E-state index in [4.69, 9.17) is 18.9 Å². The number of hydrogen-bond acceptors (Lipinski definition) is 5. The van der Waals surface area contributed by atoms with Gasteiger partial charge in [0.15, 0.2) is 0 Å². The van der Waals surface area contributed by atoms with Crippen molar-refractivity contribution in [3.8, 4) is 5.75 Å². The van der Waals surface area contributed by atoms with Crippen molar-refractivity contribution in [3.05, 3.63) is 29.3 Å². The van der Waals surface area contributed by atoms with Crippen LogP contribution in [0, 0.1) is 0 Å². The first-order chi connectivity index (χ1) is 10.6. The van der Waals surface area contributed by atoms with Crippen LogP contribution in [0.5, 0.6) is 5.75 Å². The number of fused-ring (bicyclic) bond motifs is 3. The molecule has 5 nitrogen and oxygen atoms in total. The van der Waals surface area contributed by atoms with E-state index in [-0.39, 0.29) is 24.1 Å². The summed E-state index contributed by atoms with van der Waals surface area (Å²) >= 11 is 0. The van der Waals surface area contributed by atoms with Crippen LogP contribution in [0.4, 0.5) is 0 Å². The molecule has 4 atom stereocenters. The molecule has 4 unspecified atom stereocenters. The maximum Gasteiger partial charge on any atom is 0.351 e. The van der Waals surface area contributed by atoms with Gasteiger partial charge in [-0.25, -0.2) is 4.79 Å². The number of epoxide rings is 1. The molecule has 2 fully saturated rings. The second-order valence-corrected chi connectivity index (χ2v) is 6.20. The van der Waals surface area contributed by atoms with Gasteiger partial charge >= 0.3 is 5.97 Å². The van der Waals surface area contributed by atoms with Gasteiger partial charge in [0, 0.05) is 17.9 Å². The Kier molecular flexibility index (Phi) is 3.16. The summed E-state index contributed by atoms with van der Waals surface area (Å²) < 4.78 is 22.0. The summed E-state index contributed by atoms with van der Waals surface area (Å²) in [6, 6.07) is 6.04. The number of ether oxygens (including phenoxy) is 4. The molecule has 1 aromatic rings. The monoisotopic (exact) mass is 304 g/mol. The minimum absolute atomic E-state index is 0.00541. The topological polar surface area (TPSA) is 57.3 Å². The van der Waals surface area contributed by atoms with Gasteiger partial charge in [-0.05, 0) is 31.5 Å². The lowest BCUT2D eigenvalue weighted by atomic mass is 10.0. The van der Waals surface area contributed by atoms with E-state index >= 15 is 0 Å². The fraction of sp³-hybridized carbons (Fsp3) is 0.588. The summed E-state index contributed by atoms with van der Waals surface area (Å²) in [6.07, 6.45) is 0.985. The maximum absolute atomic E-state index is 12.1. The third kappa shape index (κ3) is 2.20. The van der Waals surface area contributed by atoms with Gasteiger partial charge in [-0.2, -0.15) is 0 Å². The number of hydrogen-bond donors (Lipinski definition) is 0. The summed E-state index contributed by atoms with van der Waals surface area (Å²) in [7, 11) is 0. The molecule has 4 rings (SSSR count). The lowest BCUT2D eigenvalue weighted by molar-refractivity contribution is -0.153. The number of benzene rings is 1. The third-order valence-corrected chi connectivity index (χ3v) is 4.64. The molecule has 1 saturated carbocycles. The summed E-state index contributed by atoms with van der Waals surface area (Å²) in [4.78, 5) is 12.1. The second-order valence-electron chi connectivity index (χ2n) is 6.20. The Morgan fingerprint density at radius 3 is 3.05 bits per heavy atom. The van der Waals surface area contributed by atoms with Crippen LogP contribution >= 0.6 is 0 Å². The molecule has 3 aliphatic rings. The van der Waals surface area contributed by atoms with Crippen LogP contribution in [-0.4, -0.2) is 37.5 Å². The van der Waals surface area contributed by atoms with E-state index < -0.39 is 5.60 Å². The van der Waals surface area contributed by atoms with Crippen molar-refractivity contribution in [1.29, 1.82) is 0 Å². The Hall–Kier alpha value is -1.59. The number of esters is 1. The summed E-state index contributed by atoms with van der Waals surface area (Å²) in [5.74, 6) is 0.680. The van der Waals surface area contributed by atoms with Gasteiger partial charge in [-0.3, -0.25) is 0 Å². The van der Waals surface area contributed by atoms with Gasteiger partial charge in [0.05, 0.1) is 25.9 Å². The highest BCUT2D eigenvalue weighted by molar-refractivity contribution is 5.88. The lowest BCUT2D eigenvalue weighted by Gasteiger charge is -2.15. The summed E-state index contributed by atoms with van der Waals surface area (Å²) in [5.41, 5.74) is 1.45. The van der Waals surface area contributed by atoms with E-state index in [1.807, 2.05) is 26.0 Å². The highest BCUT2D eigenvalue weighted by Gasteiger charge is 2.69.